The third-order valence-corrected chi connectivity index (χ3v) is 4.22. The number of nitrogens with one attached hydrogen (secondary N) is 2. The van der Waals surface area contributed by atoms with Crippen LogP contribution in [0.1, 0.15) is 16.0 Å². The maximum absolute atomic E-state index is 12.0. The Morgan fingerprint density at radius 1 is 1.30 bits per heavy atom. The van der Waals surface area contributed by atoms with Gasteiger partial charge in [0.05, 0.1) is 11.9 Å². The molecule has 0 aliphatic rings. The van der Waals surface area contributed by atoms with Gasteiger partial charge in [-0.25, -0.2) is 0 Å². The fourth-order valence-corrected chi connectivity index (χ4v) is 3.14. The van der Waals surface area contributed by atoms with Crippen molar-refractivity contribution in [3.63, 3.8) is 0 Å². The first-order chi connectivity index (χ1) is 9.54. The first kappa shape index (κ1) is 14.8. The van der Waals surface area contributed by atoms with E-state index in [2.05, 4.69) is 30.7 Å². The van der Waals surface area contributed by atoms with Crippen LogP contribution in [0.3, 0.4) is 0 Å². The highest BCUT2D eigenvalue weighted by molar-refractivity contribution is 7.10. The molecule has 1 aromatic carbocycles. The van der Waals surface area contributed by atoms with Gasteiger partial charge in [0.15, 0.2) is 6.54 Å². The molecule has 2 aromatic rings. The highest BCUT2D eigenvalue weighted by atomic mass is 32.1. The lowest BCUT2D eigenvalue weighted by molar-refractivity contribution is -0.884. The van der Waals surface area contributed by atoms with Crippen LogP contribution in [0.2, 0.25) is 0 Å². The van der Waals surface area contributed by atoms with E-state index in [9.17, 15) is 4.79 Å². The first-order valence-corrected chi connectivity index (χ1v) is 7.63. The topological polar surface area (TPSA) is 33.5 Å². The van der Waals surface area contributed by atoms with E-state index in [-0.39, 0.29) is 5.91 Å². The molecule has 0 aliphatic carbocycles. The van der Waals surface area contributed by atoms with Crippen molar-refractivity contribution in [1.29, 1.82) is 0 Å². The molecule has 1 aromatic heterocycles. The summed E-state index contributed by atoms with van der Waals surface area (Å²) >= 11 is 1.76. The highest BCUT2D eigenvalue weighted by Crippen LogP contribution is 2.13. The number of anilines is 1. The number of aryl methyl sites for hydroxylation is 2. The average Bonchev–Trinajstić information content (AvgIpc) is 2.74. The SMILES string of the molecule is Cc1cccc(NC(=O)C[NH+](C)Cc2sccc2C)c1. The normalized spacial score (nSPS) is 12.2. The summed E-state index contributed by atoms with van der Waals surface area (Å²) in [5.74, 6) is 0.0577. The molecule has 1 atom stereocenters. The summed E-state index contributed by atoms with van der Waals surface area (Å²) < 4.78 is 0. The molecule has 0 fully saturated rings. The summed E-state index contributed by atoms with van der Waals surface area (Å²) in [6.07, 6.45) is 0. The van der Waals surface area contributed by atoms with E-state index < -0.39 is 0 Å². The molecule has 2 rings (SSSR count). The van der Waals surface area contributed by atoms with Crippen molar-refractivity contribution in [2.24, 2.45) is 0 Å². The van der Waals surface area contributed by atoms with Gasteiger partial charge in [-0.05, 0) is 48.6 Å². The van der Waals surface area contributed by atoms with Crippen LogP contribution in [-0.4, -0.2) is 19.5 Å². The molecular weight excluding hydrogens is 268 g/mol. The third kappa shape index (κ3) is 4.18. The summed E-state index contributed by atoms with van der Waals surface area (Å²) in [6, 6.07) is 10.0. The Hall–Kier alpha value is -1.65. The second-order valence-corrected chi connectivity index (χ2v) is 6.26. The Kier molecular flexibility index (Phi) is 4.93. The fraction of sp³-hybridized carbons (Fsp3) is 0.312. The zero-order valence-electron chi connectivity index (χ0n) is 12.2. The van der Waals surface area contributed by atoms with Crippen LogP contribution in [0.15, 0.2) is 35.7 Å². The molecule has 4 heteroatoms. The van der Waals surface area contributed by atoms with Gasteiger partial charge >= 0.3 is 0 Å². The minimum Gasteiger partial charge on any atom is -0.325 e. The number of quaternary nitrogens is 1. The minimum atomic E-state index is 0.0577. The molecular formula is C16H21N2OS+. The van der Waals surface area contributed by atoms with Gasteiger partial charge in [0.2, 0.25) is 0 Å². The summed E-state index contributed by atoms with van der Waals surface area (Å²) in [6.45, 7) is 5.51. The molecule has 20 heavy (non-hydrogen) atoms. The van der Waals surface area contributed by atoms with Crippen LogP contribution in [-0.2, 0) is 11.3 Å². The third-order valence-electron chi connectivity index (χ3n) is 3.19. The Morgan fingerprint density at radius 3 is 2.75 bits per heavy atom. The lowest BCUT2D eigenvalue weighted by atomic mass is 10.2. The summed E-state index contributed by atoms with van der Waals surface area (Å²) in [4.78, 5) is 14.6. The van der Waals surface area contributed by atoms with Gasteiger partial charge in [0, 0.05) is 5.69 Å². The van der Waals surface area contributed by atoms with E-state index in [1.54, 1.807) is 11.3 Å². The van der Waals surface area contributed by atoms with Crippen molar-refractivity contribution in [2.75, 3.05) is 18.9 Å². The summed E-state index contributed by atoms with van der Waals surface area (Å²) in [5, 5.41) is 5.05. The second kappa shape index (κ2) is 6.68. The van der Waals surface area contributed by atoms with E-state index in [1.165, 1.54) is 15.3 Å². The molecule has 0 spiro atoms. The molecule has 2 N–H and O–H groups in total. The molecule has 106 valence electrons. The zero-order valence-corrected chi connectivity index (χ0v) is 13.0. The summed E-state index contributed by atoms with van der Waals surface area (Å²) in [7, 11) is 2.05. The largest absolute Gasteiger partial charge is 0.325 e. The molecule has 0 aliphatic heterocycles. The number of amides is 1. The quantitative estimate of drug-likeness (QED) is 0.867. The zero-order chi connectivity index (χ0) is 14.5. The Bertz CT molecular complexity index is 592. The van der Waals surface area contributed by atoms with Crippen molar-refractivity contribution < 1.29 is 9.69 Å². The van der Waals surface area contributed by atoms with E-state index in [0.29, 0.717) is 6.54 Å². The van der Waals surface area contributed by atoms with Gasteiger partial charge in [-0.3, -0.25) is 4.79 Å². The minimum absolute atomic E-state index is 0.0577. The Labute approximate surface area is 124 Å². The highest BCUT2D eigenvalue weighted by Gasteiger charge is 2.12. The van der Waals surface area contributed by atoms with Crippen molar-refractivity contribution >= 4 is 22.9 Å². The lowest BCUT2D eigenvalue weighted by Crippen LogP contribution is -3.08. The number of hydrogen-bond donors (Lipinski definition) is 2. The number of carbonyl (C=O) groups excluding carboxylic acids is 1. The average molecular weight is 289 g/mol. The molecule has 3 nitrogen and oxygen atoms in total. The van der Waals surface area contributed by atoms with Crippen molar-refractivity contribution in [2.45, 2.75) is 20.4 Å². The molecule has 0 bridgehead atoms. The molecule has 0 saturated heterocycles. The van der Waals surface area contributed by atoms with Crippen molar-refractivity contribution in [3.8, 4) is 0 Å². The van der Waals surface area contributed by atoms with Crippen LogP contribution < -0.4 is 10.2 Å². The van der Waals surface area contributed by atoms with Gasteiger partial charge in [0.25, 0.3) is 5.91 Å². The molecule has 1 amide bonds. The standard InChI is InChI=1S/C16H20N2OS/c1-12-5-4-6-14(9-12)17-16(19)11-18(3)10-15-13(2)7-8-20-15/h4-9H,10-11H2,1-3H3,(H,17,19)/p+1. The van der Waals surface area contributed by atoms with Crippen LogP contribution in [0.5, 0.6) is 0 Å². The number of carbonyl (C=O) groups is 1. The van der Waals surface area contributed by atoms with E-state index in [1.807, 2.05) is 31.2 Å². The number of thiophene rings is 1. The van der Waals surface area contributed by atoms with Gasteiger partial charge in [0.1, 0.15) is 6.54 Å². The predicted octanol–water partition coefficient (Wildman–Crippen LogP) is 2.02. The van der Waals surface area contributed by atoms with Crippen molar-refractivity contribution in [1.82, 2.24) is 0 Å². The first-order valence-electron chi connectivity index (χ1n) is 6.75. The molecule has 0 radical (unpaired) electrons. The van der Waals surface area contributed by atoms with E-state index >= 15 is 0 Å². The predicted molar refractivity (Wildman–Crippen MR) is 84.3 cm³/mol. The maximum Gasteiger partial charge on any atom is 0.279 e. The Balaban J connectivity index is 1.86. The van der Waals surface area contributed by atoms with Crippen LogP contribution >= 0.6 is 11.3 Å². The number of hydrogen-bond acceptors (Lipinski definition) is 2. The Morgan fingerprint density at radius 2 is 2.10 bits per heavy atom. The second-order valence-electron chi connectivity index (χ2n) is 5.26. The van der Waals surface area contributed by atoms with Crippen LogP contribution in [0.4, 0.5) is 5.69 Å². The van der Waals surface area contributed by atoms with Gasteiger partial charge in [-0.2, -0.15) is 0 Å². The molecule has 0 saturated carbocycles. The maximum atomic E-state index is 12.0. The molecule has 1 heterocycles. The number of benzene rings is 1. The number of likely N-dealkylation sites (N-methyl/N-ethyl adjacent to an activating group) is 1. The van der Waals surface area contributed by atoms with Crippen LogP contribution in [0, 0.1) is 13.8 Å². The van der Waals surface area contributed by atoms with Gasteiger partial charge in [-0.1, -0.05) is 12.1 Å². The fourth-order valence-electron chi connectivity index (χ4n) is 2.12. The van der Waals surface area contributed by atoms with Crippen LogP contribution in [0.25, 0.3) is 0 Å². The van der Waals surface area contributed by atoms with E-state index in [4.69, 9.17) is 0 Å². The van der Waals surface area contributed by atoms with Gasteiger partial charge in [-0.15, -0.1) is 11.3 Å². The smallest absolute Gasteiger partial charge is 0.279 e. The van der Waals surface area contributed by atoms with Gasteiger partial charge < -0.3 is 10.2 Å². The lowest BCUT2D eigenvalue weighted by Gasteiger charge is -2.13. The monoisotopic (exact) mass is 289 g/mol. The van der Waals surface area contributed by atoms with Crippen molar-refractivity contribution in [3.05, 3.63) is 51.7 Å². The summed E-state index contributed by atoms with van der Waals surface area (Å²) in [5.41, 5.74) is 3.33. The van der Waals surface area contributed by atoms with E-state index in [0.717, 1.165) is 17.8 Å². The number of rotatable bonds is 5. The molecule has 1 unspecified atom stereocenters.